The first kappa shape index (κ1) is 19.4. The van der Waals surface area contributed by atoms with Crippen molar-refractivity contribution in [3.63, 3.8) is 0 Å². The van der Waals surface area contributed by atoms with Crippen molar-refractivity contribution in [1.82, 2.24) is 24.9 Å². The fourth-order valence-corrected chi connectivity index (χ4v) is 5.27. The number of amides is 2. The second-order valence-electron chi connectivity index (χ2n) is 8.48. The summed E-state index contributed by atoms with van der Waals surface area (Å²) in [5.41, 5.74) is 0.0257. The fraction of sp³-hybridized carbons (Fsp3) is 0.750. The van der Waals surface area contributed by atoms with Gasteiger partial charge in [-0.15, -0.1) is 0 Å². The standard InChI is InChI=1S/C20H31N5O3/c1-23-13-8-20(19(27)24-11-5-15(28-2)6-12-24)7-3-10-25(17(20)14-23)18(26)16-4-9-21-22-16/h4,9,15,17H,3,5-8,10-14H2,1-2H3,(H,21,22)/t17-,20+/m0/s1. The number of nitrogens with zero attached hydrogens (tertiary/aromatic N) is 4. The van der Waals surface area contributed by atoms with Gasteiger partial charge in [-0.25, -0.2) is 0 Å². The molecule has 28 heavy (non-hydrogen) atoms. The first-order chi connectivity index (χ1) is 13.5. The lowest BCUT2D eigenvalue weighted by Gasteiger charge is -2.54. The van der Waals surface area contributed by atoms with E-state index < -0.39 is 5.41 Å². The van der Waals surface area contributed by atoms with Gasteiger partial charge in [0.05, 0.1) is 17.6 Å². The Morgan fingerprint density at radius 3 is 2.68 bits per heavy atom. The van der Waals surface area contributed by atoms with Gasteiger partial charge in [-0.1, -0.05) is 0 Å². The highest BCUT2D eigenvalue weighted by Gasteiger charge is 2.55. The summed E-state index contributed by atoms with van der Waals surface area (Å²) in [6.07, 6.45) is 6.16. The minimum atomic E-state index is -0.472. The van der Waals surface area contributed by atoms with Crippen LogP contribution in [0.25, 0.3) is 0 Å². The minimum absolute atomic E-state index is 0.0484. The van der Waals surface area contributed by atoms with E-state index in [1.165, 1.54) is 0 Å². The smallest absolute Gasteiger partial charge is 0.272 e. The van der Waals surface area contributed by atoms with Gasteiger partial charge in [-0.2, -0.15) is 5.10 Å². The molecule has 8 heteroatoms. The third-order valence-electron chi connectivity index (χ3n) is 6.94. The zero-order chi connectivity index (χ0) is 19.7. The van der Waals surface area contributed by atoms with E-state index in [0.29, 0.717) is 12.2 Å². The Hall–Kier alpha value is -1.93. The largest absolute Gasteiger partial charge is 0.381 e. The van der Waals surface area contributed by atoms with Gasteiger partial charge < -0.3 is 19.4 Å². The van der Waals surface area contributed by atoms with Crippen LogP contribution < -0.4 is 0 Å². The number of aromatic nitrogens is 2. The molecular weight excluding hydrogens is 358 g/mol. The normalized spacial score (nSPS) is 29.6. The quantitative estimate of drug-likeness (QED) is 0.833. The summed E-state index contributed by atoms with van der Waals surface area (Å²) in [4.78, 5) is 33.1. The SMILES string of the molecule is COC1CCN(C(=O)[C@@]23CCCN(C(=O)c4ccn[nH]4)[C@H]2CN(C)CC3)CC1. The molecule has 0 radical (unpaired) electrons. The number of carbonyl (C=O) groups is 2. The Bertz CT molecular complexity index is 701. The number of hydrogen-bond acceptors (Lipinski definition) is 5. The van der Waals surface area contributed by atoms with Crippen LogP contribution in [-0.4, -0.2) is 95.7 Å². The molecule has 2 atom stereocenters. The molecule has 4 heterocycles. The summed E-state index contributed by atoms with van der Waals surface area (Å²) in [5, 5.41) is 6.72. The van der Waals surface area contributed by atoms with Crippen LogP contribution in [0.4, 0.5) is 0 Å². The van der Waals surface area contributed by atoms with E-state index in [1.54, 1.807) is 19.4 Å². The van der Waals surface area contributed by atoms with Crippen LogP contribution in [0.5, 0.6) is 0 Å². The van der Waals surface area contributed by atoms with Crippen LogP contribution in [0.2, 0.25) is 0 Å². The number of likely N-dealkylation sites (N-methyl/N-ethyl adjacent to an activating group) is 1. The second kappa shape index (κ2) is 7.83. The Balaban J connectivity index is 1.59. The molecule has 0 unspecified atom stereocenters. The van der Waals surface area contributed by atoms with Gasteiger partial charge in [0.1, 0.15) is 5.69 Å². The van der Waals surface area contributed by atoms with Crippen molar-refractivity contribution < 1.29 is 14.3 Å². The molecule has 0 aromatic carbocycles. The Morgan fingerprint density at radius 2 is 2.00 bits per heavy atom. The first-order valence-electron chi connectivity index (χ1n) is 10.4. The van der Waals surface area contributed by atoms with Crippen molar-refractivity contribution in [1.29, 1.82) is 0 Å². The van der Waals surface area contributed by atoms with Gasteiger partial charge in [-0.05, 0) is 51.8 Å². The molecule has 8 nitrogen and oxygen atoms in total. The van der Waals surface area contributed by atoms with Gasteiger partial charge in [0.2, 0.25) is 5.91 Å². The molecule has 1 N–H and O–H groups in total. The van der Waals surface area contributed by atoms with Gasteiger partial charge in [0, 0.05) is 39.5 Å². The number of likely N-dealkylation sites (tertiary alicyclic amines) is 3. The molecule has 1 aromatic heterocycles. The molecular formula is C20H31N5O3. The number of H-pyrrole nitrogens is 1. The molecule has 0 saturated carbocycles. The van der Waals surface area contributed by atoms with E-state index in [9.17, 15) is 9.59 Å². The Morgan fingerprint density at radius 1 is 1.21 bits per heavy atom. The number of fused-ring (bicyclic) bond motifs is 1. The van der Waals surface area contributed by atoms with Gasteiger partial charge in [0.25, 0.3) is 5.91 Å². The molecule has 0 spiro atoms. The van der Waals surface area contributed by atoms with Crippen LogP contribution >= 0.6 is 0 Å². The number of rotatable bonds is 3. The summed E-state index contributed by atoms with van der Waals surface area (Å²) in [7, 11) is 3.82. The van der Waals surface area contributed by atoms with Crippen LogP contribution in [0.15, 0.2) is 12.3 Å². The average molecular weight is 390 g/mol. The number of carbonyl (C=O) groups excluding carboxylic acids is 2. The third kappa shape index (κ3) is 3.33. The maximum atomic E-state index is 13.8. The highest BCUT2D eigenvalue weighted by molar-refractivity contribution is 5.94. The third-order valence-corrected chi connectivity index (χ3v) is 6.94. The molecule has 4 rings (SSSR count). The molecule has 3 aliphatic heterocycles. The minimum Gasteiger partial charge on any atom is -0.381 e. The molecule has 2 amide bonds. The summed E-state index contributed by atoms with van der Waals surface area (Å²) < 4.78 is 5.47. The number of ether oxygens (including phenoxy) is 1. The van der Waals surface area contributed by atoms with Crippen LogP contribution in [-0.2, 0) is 9.53 Å². The average Bonchev–Trinajstić information content (AvgIpc) is 3.27. The van der Waals surface area contributed by atoms with Crippen LogP contribution in [0.3, 0.4) is 0 Å². The van der Waals surface area contributed by atoms with E-state index in [0.717, 1.165) is 58.3 Å². The molecule has 3 aliphatic rings. The van der Waals surface area contributed by atoms with Crippen molar-refractivity contribution in [2.24, 2.45) is 5.41 Å². The van der Waals surface area contributed by atoms with Gasteiger partial charge in [-0.3, -0.25) is 14.7 Å². The number of aromatic amines is 1. The van der Waals surface area contributed by atoms with Crippen molar-refractivity contribution >= 4 is 11.8 Å². The second-order valence-corrected chi connectivity index (χ2v) is 8.48. The summed E-state index contributed by atoms with van der Waals surface area (Å²) in [6.45, 7) is 3.81. The van der Waals surface area contributed by atoms with Crippen molar-refractivity contribution in [2.45, 2.75) is 44.2 Å². The van der Waals surface area contributed by atoms with E-state index in [1.807, 2.05) is 9.80 Å². The van der Waals surface area contributed by atoms with E-state index in [4.69, 9.17) is 4.74 Å². The first-order valence-corrected chi connectivity index (χ1v) is 10.4. The number of nitrogens with one attached hydrogen (secondary N) is 1. The zero-order valence-electron chi connectivity index (χ0n) is 16.9. The lowest BCUT2D eigenvalue weighted by atomic mass is 9.67. The predicted octanol–water partition coefficient (Wildman–Crippen LogP) is 0.974. The molecule has 1 aromatic rings. The lowest BCUT2D eigenvalue weighted by Crippen LogP contribution is -2.67. The summed E-state index contributed by atoms with van der Waals surface area (Å²) in [5.74, 6) is 0.190. The number of methoxy groups -OCH3 is 1. The summed E-state index contributed by atoms with van der Waals surface area (Å²) in [6, 6.07) is 1.62. The van der Waals surface area contributed by atoms with Gasteiger partial charge in [0.15, 0.2) is 0 Å². The van der Waals surface area contributed by atoms with Gasteiger partial charge >= 0.3 is 0 Å². The molecule has 3 saturated heterocycles. The highest BCUT2D eigenvalue weighted by Crippen LogP contribution is 2.44. The number of hydrogen-bond donors (Lipinski definition) is 1. The van der Waals surface area contributed by atoms with E-state index >= 15 is 0 Å². The van der Waals surface area contributed by atoms with E-state index in [2.05, 4.69) is 22.1 Å². The Kier molecular flexibility index (Phi) is 5.42. The predicted molar refractivity (Wildman–Crippen MR) is 104 cm³/mol. The van der Waals surface area contributed by atoms with Crippen molar-refractivity contribution in [3.05, 3.63) is 18.0 Å². The van der Waals surface area contributed by atoms with Crippen molar-refractivity contribution in [3.8, 4) is 0 Å². The zero-order valence-corrected chi connectivity index (χ0v) is 16.9. The number of piperidine rings is 3. The highest BCUT2D eigenvalue weighted by atomic mass is 16.5. The molecule has 154 valence electrons. The molecule has 0 aliphatic carbocycles. The molecule has 3 fully saturated rings. The lowest BCUT2D eigenvalue weighted by molar-refractivity contribution is -0.156. The van der Waals surface area contributed by atoms with E-state index in [-0.39, 0.29) is 24.0 Å². The topological polar surface area (TPSA) is 81.8 Å². The van der Waals surface area contributed by atoms with Crippen LogP contribution in [0, 0.1) is 5.41 Å². The Labute approximate surface area is 166 Å². The molecule has 0 bridgehead atoms. The monoisotopic (exact) mass is 389 g/mol. The maximum Gasteiger partial charge on any atom is 0.272 e. The van der Waals surface area contributed by atoms with Crippen molar-refractivity contribution in [2.75, 3.05) is 46.9 Å². The summed E-state index contributed by atoms with van der Waals surface area (Å²) >= 11 is 0. The fourth-order valence-electron chi connectivity index (χ4n) is 5.27. The maximum absolute atomic E-state index is 13.8. The van der Waals surface area contributed by atoms with Crippen LogP contribution in [0.1, 0.15) is 42.6 Å².